The number of amides is 3. The van der Waals surface area contributed by atoms with E-state index in [1.54, 1.807) is 35.9 Å². The summed E-state index contributed by atoms with van der Waals surface area (Å²) >= 11 is 0. The highest BCUT2D eigenvalue weighted by molar-refractivity contribution is 5.89. The number of piperidine rings is 1. The molecule has 2 aliphatic carbocycles. The molecule has 1 aromatic heterocycles. The maximum atomic E-state index is 12.7. The summed E-state index contributed by atoms with van der Waals surface area (Å²) in [6, 6.07) is 9.32. The molecular formula is C28H37N7O3. The van der Waals surface area contributed by atoms with Gasteiger partial charge in [0.25, 0.3) is 0 Å². The molecule has 3 N–H and O–H groups in total. The number of likely N-dealkylation sites (tertiary alicyclic amines) is 1. The highest BCUT2D eigenvalue weighted by Gasteiger charge is 2.75. The van der Waals surface area contributed by atoms with Crippen molar-refractivity contribution in [2.75, 3.05) is 44.6 Å². The first-order chi connectivity index (χ1) is 18.1. The first kappa shape index (κ1) is 25.1. The Morgan fingerprint density at radius 1 is 1.00 bits per heavy atom. The number of nitrogens with zero attached hydrogens (tertiary/aromatic N) is 5. The van der Waals surface area contributed by atoms with Crippen LogP contribution in [0.15, 0.2) is 41.3 Å². The Morgan fingerprint density at radius 2 is 1.63 bits per heavy atom. The normalized spacial score (nSPS) is 24.2. The molecule has 10 nitrogen and oxygen atoms in total. The zero-order valence-corrected chi connectivity index (χ0v) is 22.2. The summed E-state index contributed by atoms with van der Waals surface area (Å²) in [5.41, 5.74) is 7.23. The van der Waals surface area contributed by atoms with Crippen molar-refractivity contribution >= 4 is 17.8 Å². The number of anilines is 1. The van der Waals surface area contributed by atoms with Crippen molar-refractivity contribution < 1.29 is 9.59 Å². The van der Waals surface area contributed by atoms with Crippen LogP contribution in [0.4, 0.5) is 10.6 Å². The van der Waals surface area contributed by atoms with Crippen LogP contribution in [0.1, 0.15) is 38.7 Å². The molecular weight excluding hydrogens is 482 g/mol. The summed E-state index contributed by atoms with van der Waals surface area (Å²) in [6.45, 7) is 8.26. The molecule has 4 fully saturated rings. The van der Waals surface area contributed by atoms with Crippen molar-refractivity contribution in [3.63, 3.8) is 0 Å². The van der Waals surface area contributed by atoms with Crippen LogP contribution in [0.3, 0.4) is 0 Å². The average molecular weight is 520 g/mol. The molecule has 0 radical (unpaired) electrons. The average Bonchev–Trinajstić information content (AvgIpc) is 3.82. The van der Waals surface area contributed by atoms with Gasteiger partial charge < -0.3 is 15.5 Å². The van der Waals surface area contributed by atoms with Crippen LogP contribution in [0.25, 0.3) is 5.69 Å². The lowest BCUT2D eigenvalue weighted by Crippen LogP contribution is -2.58. The van der Waals surface area contributed by atoms with Gasteiger partial charge in [-0.3, -0.25) is 19.6 Å². The molecule has 2 saturated heterocycles. The smallest absolute Gasteiger partial charge is 0.338 e. The topological polar surface area (TPSA) is 117 Å². The zero-order chi connectivity index (χ0) is 26.7. The molecule has 2 atom stereocenters. The highest BCUT2D eigenvalue weighted by atomic mass is 16.2. The Hall–Kier alpha value is -3.24. The number of carbonyl (C=O) groups excluding carboxylic acids is 2. The molecule has 1 spiro atoms. The quantitative estimate of drug-likeness (QED) is 0.623. The Labute approximate surface area is 222 Å². The number of piperazine rings is 1. The fraction of sp³-hybridized carbons (Fsp3) is 0.571. The molecule has 4 aliphatic rings. The van der Waals surface area contributed by atoms with Crippen molar-refractivity contribution in [3.8, 4) is 5.69 Å². The van der Waals surface area contributed by atoms with Gasteiger partial charge in [0.15, 0.2) is 0 Å². The number of rotatable bonds is 5. The van der Waals surface area contributed by atoms with E-state index >= 15 is 0 Å². The van der Waals surface area contributed by atoms with Crippen molar-refractivity contribution in [1.82, 2.24) is 24.3 Å². The van der Waals surface area contributed by atoms with Crippen LogP contribution >= 0.6 is 0 Å². The fourth-order valence-corrected chi connectivity index (χ4v) is 6.44. The third kappa shape index (κ3) is 4.71. The van der Waals surface area contributed by atoms with E-state index in [2.05, 4.69) is 27.3 Å². The SMILES string of the molecule is CC(C)(N)C(=O)N1CCN(C(=O)Nc2ccn(-c3ccc(CN4CCC5(CC4)C4CC45)cc3)c(=O)n2)CC1. The van der Waals surface area contributed by atoms with Gasteiger partial charge in [0.1, 0.15) is 5.82 Å². The maximum Gasteiger partial charge on any atom is 0.354 e. The largest absolute Gasteiger partial charge is 0.354 e. The van der Waals surface area contributed by atoms with E-state index in [9.17, 15) is 14.4 Å². The summed E-state index contributed by atoms with van der Waals surface area (Å²) in [4.78, 5) is 47.7. The molecule has 38 heavy (non-hydrogen) atoms. The van der Waals surface area contributed by atoms with Gasteiger partial charge in [-0.1, -0.05) is 12.1 Å². The molecule has 202 valence electrons. The van der Waals surface area contributed by atoms with Gasteiger partial charge in [-0.15, -0.1) is 0 Å². The van der Waals surface area contributed by atoms with E-state index in [0.717, 1.165) is 29.5 Å². The van der Waals surface area contributed by atoms with Crippen molar-refractivity contribution in [1.29, 1.82) is 0 Å². The predicted molar refractivity (Wildman–Crippen MR) is 144 cm³/mol. The molecule has 2 saturated carbocycles. The summed E-state index contributed by atoms with van der Waals surface area (Å²) in [7, 11) is 0. The zero-order valence-electron chi connectivity index (χ0n) is 22.2. The molecule has 2 aliphatic heterocycles. The lowest BCUT2D eigenvalue weighted by atomic mass is 9.84. The maximum absolute atomic E-state index is 12.7. The fourth-order valence-electron chi connectivity index (χ4n) is 6.44. The number of hydrogen-bond donors (Lipinski definition) is 2. The van der Waals surface area contributed by atoms with E-state index in [0.29, 0.717) is 26.2 Å². The van der Waals surface area contributed by atoms with E-state index in [-0.39, 0.29) is 17.8 Å². The third-order valence-electron chi connectivity index (χ3n) is 9.01. The number of nitrogens with two attached hydrogens (primary N) is 1. The number of aromatic nitrogens is 2. The molecule has 0 bridgehead atoms. The number of benzene rings is 1. The minimum atomic E-state index is -0.939. The molecule has 6 rings (SSSR count). The predicted octanol–water partition coefficient (Wildman–Crippen LogP) is 1.88. The van der Waals surface area contributed by atoms with Gasteiger partial charge in [0, 0.05) is 38.9 Å². The molecule has 2 aromatic rings. The second-order valence-corrected chi connectivity index (χ2v) is 12.0. The van der Waals surface area contributed by atoms with Crippen LogP contribution in [0.2, 0.25) is 0 Å². The van der Waals surface area contributed by atoms with E-state index in [1.807, 2.05) is 12.1 Å². The van der Waals surface area contributed by atoms with E-state index < -0.39 is 11.2 Å². The number of urea groups is 1. The minimum absolute atomic E-state index is 0.134. The summed E-state index contributed by atoms with van der Waals surface area (Å²) in [5, 5.41) is 2.70. The summed E-state index contributed by atoms with van der Waals surface area (Å²) in [6.07, 6.45) is 5.82. The Morgan fingerprint density at radius 3 is 2.18 bits per heavy atom. The van der Waals surface area contributed by atoms with Crippen LogP contribution in [0, 0.1) is 17.3 Å². The van der Waals surface area contributed by atoms with Crippen LogP contribution in [-0.4, -0.2) is 81.0 Å². The first-order valence-electron chi connectivity index (χ1n) is 13.7. The van der Waals surface area contributed by atoms with Gasteiger partial charge in [0.2, 0.25) is 5.91 Å². The Kier molecular flexibility index (Phi) is 6.07. The second kappa shape index (κ2) is 9.20. The van der Waals surface area contributed by atoms with E-state index in [4.69, 9.17) is 5.73 Å². The monoisotopic (exact) mass is 519 g/mol. The van der Waals surface area contributed by atoms with Crippen LogP contribution in [0.5, 0.6) is 0 Å². The molecule has 3 heterocycles. The van der Waals surface area contributed by atoms with Gasteiger partial charge in [-0.2, -0.15) is 4.98 Å². The Balaban J connectivity index is 1.01. The summed E-state index contributed by atoms with van der Waals surface area (Å²) in [5.74, 6) is 2.19. The number of hydrogen-bond acceptors (Lipinski definition) is 6. The molecule has 10 heteroatoms. The third-order valence-corrected chi connectivity index (χ3v) is 9.01. The first-order valence-corrected chi connectivity index (χ1v) is 13.7. The lowest BCUT2D eigenvalue weighted by molar-refractivity contribution is -0.137. The van der Waals surface area contributed by atoms with Gasteiger partial charge >= 0.3 is 11.7 Å². The molecule has 2 unspecified atom stereocenters. The number of fused-ring (bicyclic) bond motifs is 3. The highest BCUT2D eigenvalue weighted by Crippen LogP contribution is 2.81. The van der Waals surface area contributed by atoms with Crippen molar-refractivity contribution in [3.05, 3.63) is 52.6 Å². The van der Waals surface area contributed by atoms with Crippen LogP contribution in [-0.2, 0) is 11.3 Å². The van der Waals surface area contributed by atoms with Gasteiger partial charge in [-0.25, -0.2) is 9.59 Å². The molecule has 1 aromatic carbocycles. The van der Waals surface area contributed by atoms with Crippen LogP contribution < -0.4 is 16.7 Å². The number of carbonyl (C=O) groups is 2. The standard InChI is InChI=1S/C28H37N7O3/c1-27(2,29)24(36)33-13-15-34(16-14-33)25(37)30-23-7-10-35(26(38)31-23)20-5-3-19(4-6-20)18-32-11-8-28(9-12-32)21-17-22(21)28/h3-7,10,21-22H,8-9,11-18,29H2,1-2H3,(H,30,31,37,38). The van der Waals surface area contributed by atoms with E-state index in [1.165, 1.54) is 42.5 Å². The second-order valence-electron chi connectivity index (χ2n) is 12.0. The number of nitrogens with one attached hydrogen (secondary N) is 1. The van der Waals surface area contributed by atoms with Gasteiger partial charge in [-0.05, 0) is 87.2 Å². The minimum Gasteiger partial charge on any atom is -0.338 e. The lowest BCUT2D eigenvalue weighted by Gasteiger charge is -2.37. The van der Waals surface area contributed by atoms with Crippen molar-refractivity contribution in [2.45, 2.75) is 45.2 Å². The van der Waals surface area contributed by atoms with Crippen molar-refractivity contribution in [2.24, 2.45) is 23.0 Å². The summed E-state index contributed by atoms with van der Waals surface area (Å²) < 4.78 is 1.47. The van der Waals surface area contributed by atoms with Gasteiger partial charge in [0.05, 0.1) is 11.2 Å². The Bertz CT molecular complexity index is 1270. The molecule has 3 amide bonds.